The van der Waals surface area contributed by atoms with E-state index in [1.807, 2.05) is 43.3 Å². The van der Waals surface area contributed by atoms with Gasteiger partial charge in [0.2, 0.25) is 16.9 Å². The molecule has 0 bridgehead atoms. The molecule has 1 aromatic carbocycles. The average Bonchev–Trinajstić information content (AvgIpc) is 2.64. The molecule has 1 N–H and O–H groups in total. The van der Waals surface area contributed by atoms with Crippen molar-refractivity contribution in [2.45, 2.75) is 26.3 Å². The molecule has 0 saturated carbocycles. The molecule has 0 radical (unpaired) electrons. The van der Waals surface area contributed by atoms with Gasteiger partial charge in [0.25, 0.3) is 0 Å². The van der Waals surface area contributed by atoms with Crippen molar-refractivity contribution < 1.29 is 9.59 Å². The van der Waals surface area contributed by atoms with Gasteiger partial charge in [0.1, 0.15) is 5.92 Å². The Morgan fingerprint density at radius 1 is 1.30 bits per heavy atom. The normalized spacial score (nSPS) is 18.7. The van der Waals surface area contributed by atoms with E-state index < -0.39 is 5.92 Å². The van der Waals surface area contributed by atoms with Crippen molar-refractivity contribution in [2.24, 2.45) is 10.9 Å². The van der Waals surface area contributed by atoms with Gasteiger partial charge in [-0.25, -0.2) is 4.99 Å². The number of carbonyl (C=O) groups is 2. The number of nitrogens with one attached hydrogen (secondary N) is 1. The van der Waals surface area contributed by atoms with Crippen molar-refractivity contribution in [1.29, 1.82) is 0 Å². The van der Waals surface area contributed by atoms with Crippen molar-refractivity contribution in [1.82, 2.24) is 10.2 Å². The zero-order chi connectivity index (χ0) is 19.4. The third kappa shape index (κ3) is 4.99. The summed E-state index contributed by atoms with van der Waals surface area (Å²) in [5.41, 5.74) is 2.92. The molecule has 1 atom stereocenters. The molecular formula is C20H20BrN3O2S. The Hall–Kier alpha value is -2.12. The number of amides is 2. The number of benzene rings is 1. The third-order valence-corrected chi connectivity index (χ3v) is 5.28. The second-order valence-corrected chi connectivity index (χ2v) is 7.82. The Kier molecular flexibility index (Phi) is 6.34. The number of aryl methyl sites for hydroxylation is 1. The summed E-state index contributed by atoms with van der Waals surface area (Å²) in [6.07, 6.45) is 6.33. The van der Waals surface area contributed by atoms with E-state index in [4.69, 9.17) is 12.2 Å². The van der Waals surface area contributed by atoms with E-state index in [1.165, 1.54) is 10.5 Å². The molecule has 27 heavy (non-hydrogen) atoms. The van der Waals surface area contributed by atoms with Crippen LogP contribution < -0.4 is 5.32 Å². The fourth-order valence-corrected chi connectivity index (χ4v) is 3.59. The van der Waals surface area contributed by atoms with E-state index in [-0.39, 0.29) is 16.9 Å². The van der Waals surface area contributed by atoms with Gasteiger partial charge in [-0.2, -0.15) is 0 Å². The van der Waals surface area contributed by atoms with Gasteiger partial charge in [-0.15, -0.1) is 0 Å². The number of hydrogen-bond donors (Lipinski definition) is 1. The molecule has 2 aliphatic rings. The van der Waals surface area contributed by atoms with Crippen molar-refractivity contribution in [2.75, 3.05) is 6.54 Å². The van der Waals surface area contributed by atoms with Crippen LogP contribution in [0.2, 0.25) is 0 Å². The molecule has 0 aromatic heterocycles. The van der Waals surface area contributed by atoms with Crippen LogP contribution in [-0.2, 0) is 16.1 Å². The Bertz CT molecular complexity index is 858. The lowest BCUT2D eigenvalue weighted by molar-refractivity contribution is -0.129. The maximum absolute atomic E-state index is 12.7. The van der Waals surface area contributed by atoms with Gasteiger partial charge in [-0.3, -0.25) is 14.5 Å². The highest BCUT2D eigenvalue weighted by molar-refractivity contribution is 9.11. The van der Waals surface area contributed by atoms with E-state index in [1.54, 1.807) is 6.08 Å². The van der Waals surface area contributed by atoms with Gasteiger partial charge >= 0.3 is 0 Å². The molecule has 5 nitrogen and oxygen atoms in total. The first-order valence-corrected chi connectivity index (χ1v) is 9.96. The Labute approximate surface area is 172 Å². The molecule has 0 fully saturated rings. The minimum absolute atomic E-state index is 0.0432. The predicted octanol–water partition coefficient (Wildman–Crippen LogP) is 3.42. The fraction of sp³-hybridized carbons (Fsp3) is 0.300. The molecule has 1 aliphatic carbocycles. The van der Waals surface area contributed by atoms with Crippen molar-refractivity contribution in [3.63, 3.8) is 0 Å². The van der Waals surface area contributed by atoms with Crippen LogP contribution >= 0.6 is 28.1 Å². The second kappa shape index (κ2) is 8.71. The molecule has 1 aliphatic heterocycles. The summed E-state index contributed by atoms with van der Waals surface area (Å²) in [5, 5.41) is 3.17. The summed E-state index contributed by atoms with van der Waals surface area (Å²) in [7, 11) is 0. The summed E-state index contributed by atoms with van der Waals surface area (Å²) in [5.74, 6) is -0.545. The maximum Gasteiger partial charge on any atom is 0.241 e. The molecule has 3 rings (SSSR count). The maximum atomic E-state index is 12.7. The summed E-state index contributed by atoms with van der Waals surface area (Å²) < 4.78 is 0.850. The summed E-state index contributed by atoms with van der Waals surface area (Å²) in [6, 6.07) is 8.04. The van der Waals surface area contributed by atoms with Crippen molar-refractivity contribution in [3.8, 4) is 0 Å². The molecule has 2 amide bonds. The first-order valence-electron chi connectivity index (χ1n) is 8.75. The van der Waals surface area contributed by atoms with Crippen LogP contribution in [0.1, 0.15) is 24.0 Å². The summed E-state index contributed by atoms with van der Waals surface area (Å²) in [6.45, 7) is 2.92. The Morgan fingerprint density at radius 3 is 2.78 bits per heavy atom. The van der Waals surface area contributed by atoms with Crippen LogP contribution in [0.5, 0.6) is 0 Å². The van der Waals surface area contributed by atoms with Gasteiger partial charge < -0.3 is 5.32 Å². The van der Waals surface area contributed by atoms with E-state index in [9.17, 15) is 9.59 Å². The van der Waals surface area contributed by atoms with Gasteiger partial charge in [0.15, 0.2) is 0 Å². The van der Waals surface area contributed by atoms with Gasteiger partial charge in [0, 0.05) is 24.0 Å². The van der Waals surface area contributed by atoms with E-state index in [0.717, 1.165) is 10.0 Å². The van der Waals surface area contributed by atoms with Gasteiger partial charge in [-0.05, 0) is 43.3 Å². The number of thiocarbonyl (C=S) groups is 1. The lowest BCUT2D eigenvalue weighted by Gasteiger charge is -2.30. The van der Waals surface area contributed by atoms with Crippen LogP contribution in [0.25, 0.3) is 0 Å². The van der Waals surface area contributed by atoms with Crippen molar-refractivity contribution in [3.05, 3.63) is 58.1 Å². The number of allylic oxidation sites excluding steroid dienone is 3. The number of nitrogens with zero attached hydrogens (tertiary/aromatic N) is 2. The van der Waals surface area contributed by atoms with Crippen LogP contribution in [0.15, 0.2) is 52.0 Å². The standard InChI is InChI=1S/C20H20BrN3O2S/c1-13-4-6-14(7-5-13)12-22-18(25)3-2-10-24-19(26)16-11-15(21)8-9-17(16)23-20(24)27/h4-9,11,16H,2-3,10,12H2,1H3,(H,22,25). The predicted molar refractivity (Wildman–Crippen MR) is 114 cm³/mol. The second-order valence-electron chi connectivity index (χ2n) is 6.54. The topological polar surface area (TPSA) is 61.8 Å². The molecule has 1 unspecified atom stereocenters. The number of hydrogen-bond acceptors (Lipinski definition) is 3. The van der Waals surface area contributed by atoms with E-state index in [2.05, 4.69) is 26.2 Å². The molecular weight excluding hydrogens is 426 g/mol. The monoisotopic (exact) mass is 445 g/mol. The molecule has 1 aromatic rings. The van der Waals surface area contributed by atoms with Crippen LogP contribution in [-0.4, -0.2) is 34.1 Å². The van der Waals surface area contributed by atoms with Crippen LogP contribution in [0.4, 0.5) is 0 Å². The number of halogens is 1. The number of carbonyl (C=O) groups excluding carboxylic acids is 2. The zero-order valence-electron chi connectivity index (χ0n) is 14.9. The Morgan fingerprint density at radius 2 is 2.04 bits per heavy atom. The van der Waals surface area contributed by atoms with Crippen LogP contribution in [0, 0.1) is 12.8 Å². The minimum Gasteiger partial charge on any atom is -0.352 e. The van der Waals surface area contributed by atoms with Gasteiger partial charge in [-0.1, -0.05) is 51.8 Å². The highest BCUT2D eigenvalue weighted by atomic mass is 79.9. The van der Waals surface area contributed by atoms with Gasteiger partial charge in [0.05, 0.1) is 5.71 Å². The van der Waals surface area contributed by atoms with E-state index in [0.29, 0.717) is 31.6 Å². The third-order valence-electron chi connectivity index (χ3n) is 4.44. The Balaban J connectivity index is 1.48. The average molecular weight is 446 g/mol. The quantitative estimate of drug-likeness (QED) is 0.682. The summed E-state index contributed by atoms with van der Waals surface area (Å²) in [4.78, 5) is 30.6. The summed E-state index contributed by atoms with van der Waals surface area (Å²) >= 11 is 8.65. The van der Waals surface area contributed by atoms with Crippen molar-refractivity contribution >= 4 is 50.8 Å². The first-order chi connectivity index (χ1) is 12.9. The SMILES string of the molecule is Cc1ccc(CNC(=O)CCCN2C(=O)C3C=C(Br)C=CC3=NC2=S)cc1. The number of rotatable bonds is 6. The van der Waals surface area contributed by atoms with Crippen LogP contribution in [0.3, 0.4) is 0 Å². The number of aliphatic imine (C=N–C) groups is 1. The highest BCUT2D eigenvalue weighted by Gasteiger charge is 2.34. The van der Waals surface area contributed by atoms with E-state index >= 15 is 0 Å². The minimum atomic E-state index is -0.411. The highest BCUT2D eigenvalue weighted by Crippen LogP contribution is 2.25. The lowest BCUT2D eigenvalue weighted by atomic mass is 9.95. The molecule has 0 spiro atoms. The largest absolute Gasteiger partial charge is 0.352 e. The first kappa shape index (κ1) is 19.6. The molecule has 7 heteroatoms. The smallest absolute Gasteiger partial charge is 0.241 e. The number of fused-ring (bicyclic) bond motifs is 1. The lowest BCUT2D eigenvalue weighted by Crippen LogP contribution is -2.46. The molecule has 140 valence electrons. The molecule has 1 heterocycles. The fourth-order valence-electron chi connectivity index (χ4n) is 2.90. The molecule has 0 saturated heterocycles. The zero-order valence-corrected chi connectivity index (χ0v) is 17.3.